The maximum atomic E-state index is 11.8. The molecule has 1 aromatic heterocycles. The predicted octanol–water partition coefficient (Wildman–Crippen LogP) is 4.19. The first-order valence-corrected chi connectivity index (χ1v) is 9.12. The zero-order chi connectivity index (χ0) is 17.2. The highest BCUT2D eigenvalue weighted by Gasteiger charge is 2.14. The van der Waals surface area contributed by atoms with E-state index >= 15 is 0 Å². The summed E-state index contributed by atoms with van der Waals surface area (Å²) < 4.78 is 11.4. The fourth-order valence-corrected chi connectivity index (χ4v) is 4.28. The summed E-state index contributed by atoms with van der Waals surface area (Å²) in [7, 11) is 1.41. The van der Waals surface area contributed by atoms with Crippen molar-refractivity contribution < 1.29 is 14.3 Å². The van der Waals surface area contributed by atoms with Crippen molar-refractivity contribution in [2.24, 2.45) is 0 Å². The van der Waals surface area contributed by atoms with Gasteiger partial charge in [0.15, 0.2) is 0 Å². The molecule has 0 amide bonds. The van der Waals surface area contributed by atoms with Crippen molar-refractivity contribution in [2.45, 2.75) is 0 Å². The summed E-state index contributed by atoms with van der Waals surface area (Å²) in [5.74, 6) is -0.283. The Labute approximate surface area is 150 Å². The molecule has 0 spiro atoms. The number of morpholine rings is 1. The minimum absolute atomic E-state index is 0.283. The first kappa shape index (κ1) is 16.1. The van der Waals surface area contributed by atoms with Crippen molar-refractivity contribution in [3.8, 4) is 11.1 Å². The fourth-order valence-electron chi connectivity index (χ4n) is 3.16. The Kier molecular flexibility index (Phi) is 4.42. The number of rotatable bonds is 3. The highest BCUT2D eigenvalue weighted by atomic mass is 32.1. The van der Waals surface area contributed by atoms with Crippen LogP contribution in [0.2, 0.25) is 0 Å². The third-order valence-electron chi connectivity index (χ3n) is 4.49. The van der Waals surface area contributed by atoms with E-state index in [0.717, 1.165) is 47.5 Å². The van der Waals surface area contributed by atoms with Crippen molar-refractivity contribution in [3.63, 3.8) is 0 Å². The number of fused-ring (bicyclic) bond motifs is 1. The van der Waals surface area contributed by atoms with Crippen LogP contribution in [0.5, 0.6) is 0 Å². The molecule has 0 radical (unpaired) electrons. The van der Waals surface area contributed by atoms with Crippen LogP contribution in [-0.2, 0) is 9.47 Å². The molecule has 0 bridgehead atoms. The van der Waals surface area contributed by atoms with Gasteiger partial charge in [0.1, 0.15) is 4.88 Å². The second-order valence-electron chi connectivity index (χ2n) is 5.97. The van der Waals surface area contributed by atoms with E-state index in [1.807, 2.05) is 18.2 Å². The van der Waals surface area contributed by atoms with E-state index in [0.29, 0.717) is 4.88 Å². The molecule has 3 aromatic rings. The highest BCUT2D eigenvalue weighted by Crippen LogP contribution is 2.35. The van der Waals surface area contributed by atoms with Gasteiger partial charge in [-0.25, -0.2) is 4.79 Å². The minimum Gasteiger partial charge on any atom is -0.465 e. The van der Waals surface area contributed by atoms with Gasteiger partial charge in [-0.3, -0.25) is 0 Å². The lowest BCUT2D eigenvalue weighted by Gasteiger charge is -2.28. The average Bonchev–Trinajstić information content (AvgIpc) is 3.12. The fraction of sp³-hybridized carbons (Fsp3) is 0.250. The summed E-state index contributed by atoms with van der Waals surface area (Å²) in [5, 5.41) is 1.07. The van der Waals surface area contributed by atoms with Crippen molar-refractivity contribution in [1.29, 1.82) is 0 Å². The van der Waals surface area contributed by atoms with Crippen molar-refractivity contribution in [1.82, 2.24) is 0 Å². The summed E-state index contributed by atoms with van der Waals surface area (Å²) in [4.78, 5) is 14.8. The summed E-state index contributed by atoms with van der Waals surface area (Å²) in [6, 6.07) is 16.7. The molecule has 1 saturated heterocycles. The normalized spacial score (nSPS) is 14.7. The van der Waals surface area contributed by atoms with E-state index in [9.17, 15) is 4.79 Å². The Balaban J connectivity index is 1.69. The molecule has 2 aromatic carbocycles. The highest BCUT2D eigenvalue weighted by molar-refractivity contribution is 7.21. The van der Waals surface area contributed by atoms with Crippen molar-refractivity contribution in [2.75, 3.05) is 38.3 Å². The van der Waals surface area contributed by atoms with Crippen molar-refractivity contribution in [3.05, 3.63) is 53.4 Å². The lowest BCUT2D eigenvalue weighted by molar-refractivity contribution is 0.0606. The molecule has 1 fully saturated rings. The topological polar surface area (TPSA) is 38.8 Å². The number of methoxy groups -OCH3 is 1. The van der Waals surface area contributed by atoms with Crippen LogP contribution in [-0.4, -0.2) is 39.4 Å². The van der Waals surface area contributed by atoms with Gasteiger partial charge in [-0.1, -0.05) is 30.3 Å². The maximum Gasteiger partial charge on any atom is 0.348 e. The van der Waals surface area contributed by atoms with E-state index in [1.165, 1.54) is 24.1 Å². The van der Waals surface area contributed by atoms with Crippen LogP contribution in [0.25, 0.3) is 21.2 Å². The van der Waals surface area contributed by atoms with Gasteiger partial charge in [0, 0.05) is 23.5 Å². The van der Waals surface area contributed by atoms with E-state index in [2.05, 4.69) is 35.2 Å². The lowest BCUT2D eigenvalue weighted by Crippen LogP contribution is -2.36. The molecular weight excluding hydrogens is 334 g/mol. The number of ether oxygens (including phenoxy) is 2. The Bertz CT molecular complexity index is 895. The number of nitrogens with zero attached hydrogens (tertiary/aromatic N) is 1. The molecule has 5 heteroatoms. The predicted molar refractivity (Wildman–Crippen MR) is 102 cm³/mol. The molecule has 0 saturated carbocycles. The molecule has 0 atom stereocenters. The zero-order valence-corrected chi connectivity index (χ0v) is 14.8. The monoisotopic (exact) mass is 353 g/mol. The number of hydrogen-bond acceptors (Lipinski definition) is 5. The SMILES string of the molecule is COC(=O)c1cc2cccc(-c3ccc(N4CCOCC4)cc3)c2s1. The smallest absolute Gasteiger partial charge is 0.348 e. The second kappa shape index (κ2) is 6.86. The van der Waals surface area contributed by atoms with Crippen LogP contribution in [0.15, 0.2) is 48.5 Å². The Morgan fingerprint density at radius 2 is 1.88 bits per heavy atom. The van der Waals surface area contributed by atoms with Crippen LogP contribution >= 0.6 is 11.3 Å². The van der Waals surface area contributed by atoms with Crippen LogP contribution in [0.4, 0.5) is 5.69 Å². The van der Waals surface area contributed by atoms with Crippen LogP contribution in [0.3, 0.4) is 0 Å². The van der Waals surface area contributed by atoms with Gasteiger partial charge >= 0.3 is 5.97 Å². The summed E-state index contributed by atoms with van der Waals surface area (Å²) in [6.45, 7) is 3.43. The molecule has 0 aliphatic carbocycles. The van der Waals surface area contributed by atoms with Gasteiger partial charge in [0.2, 0.25) is 0 Å². The molecule has 0 unspecified atom stereocenters. The quantitative estimate of drug-likeness (QED) is 0.662. The standard InChI is InChI=1S/C20H19NO3S/c1-23-20(22)18-13-15-3-2-4-17(19(15)25-18)14-5-7-16(8-6-14)21-9-11-24-12-10-21/h2-8,13H,9-12H2,1H3. The maximum absolute atomic E-state index is 11.8. The number of anilines is 1. The Morgan fingerprint density at radius 3 is 2.60 bits per heavy atom. The zero-order valence-electron chi connectivity index (χ0n) is 14.0. The molecule has 4 rings (SSSR count). The minimum atomic E-state index is -0.283. The number of hydrogen-bond donors (Lipinski definition) is 0. The van der Waals surface area contributed by atoms with Gasteiger partial charge in [0.05, 0.1) is 20.3 Å². The largest absolute Gasteiger partial charge is 0.465 e. The summed E-state index contributed by atoms with van der Waals surface area (Å²) in [5.41, 5.74) is 3.52. The molecule has 128 valence electrons. The van der Waals surface area contributed by atoms with Gasteiger partial charge in [-0.2, -0.15) is 0 Å². The Morgan fingerprint density at radius 1 is 1.12 bits per heavy atom. The number of carbonyl (C=O) groups excluding carboxylic acids is 1. The van der Waals surface area contributed by atoms with Gasteiger partial charge < -0.3 is 14.4 Å². The van der Waals surface area contributed by atoms with Gasteiger partial charge in [-0.05, 0) is 34.7 Å². The van der Waals surface area contributed by atoms with E-state index in [-0.39, 0.29) is 5.97 Å². The molecule has 1 aliphatic rings. The summed E-state index contributed by atoms with van der Waals surface area (Å²) >= 11 is 1.48. The number of esters is 1. The molecular formula is C20H19NO3S. The molecule has 0 N–H and O–H groups in total. The molecule has 4 nitrogen and oxygen atoms in total. The summed E-state index contributed by atoms with van der Waals surface area (Å²) in [6.07, 6.45) is 0. The first-order chi connectivity index (χ1) is 12.3. The molecule has 1 aliphatic heterocycles. The van der Waals surface area contributed by atoms with E-state index < -0.39 is 0 Å². The Hall–Kier alpha value is -2.37. The lowest BCUT2D eigenvalue weighted by atomic mass is 10.0. The second-order valence-corrected chi connectivity index (χ2v) is 7.02. The van der Waals surface area contributed by atoms with Crippen LogP contribution in [0.1, 0.15) is 9.67 Å². The molecule has 2 heterocycles. The van der Waals surface area contributed by atoms with E-state index in [4.69, 9.17) is 9.47 Å². The number of carbonyl (C=O) groups is 1. The third-order valence-corrected chi connectivity index (χ3v) is 5.65. The third kappa shape index (κ3) is 3.13. The van der Waals surface area contributed by atoms with Gasteiger partial charge in [0.25, 0.3) is 0 Å². The van der Waals surface area contributed by atoms with Crippen molar-refractivity contribution >= 4 is 33.1 Å². The van der Waals surface area contributed by atoms with Crippen LogP contribution in [0, 0.1) is 0 Å². The first-order valence-electron chi connectivity index (χ1n) is 8.30. The average molecular weight is 353 g/mol. The number of benzene rings is 2. The van der Waals surface area contributed by atoms with E-state index in [1.54, 1.807) is 0 Å². The number of thiophene rings is 1. The van der Waals surface area contributed by atoms with Crippen LogP contribution < -0.4 is 4.90 Å². The molecule has 25 heavy (non-hydrogen) atoms. The van der Waals surface area contributed by atoms with Gasteiger partial charge in [-0.15, -0.1) is 11.3 Å².